The first-order valence-corrected chi connectivity index (χ1v) is 12.2. The molecule has 2 heterocycles. The number of carbonyl (C=O) groups excluding carboxylic acids is 1. The van der Waals surface area contributed by atoms with Gasteiger partial charge < -0.3 is 14.2 Å². The minimum atomic E-state index is -3.54. The number of methoxy groups -OCH3 is 1. The molecule has 0 bridgehead atoms. The molecule has 10 heteroatoms. The highest BCUT2D eigenvalue weighted by Crippen LogP contribution is 2.22. The zero-order valence-electron chi connectivity index (χ0n) is 19.4. The van der Waals surface area contributed by atoms with E-state index in [2.05, 4.69) is 4.90 Å². The molecule has 1 aliphatic rings. The Morgan fingerprint density at radius 3 is 2.33 bits per heavy atom. The van der Waals surface area contributed by atoms with Gasteiger partial charge in [-0.2, -0.15) is 4.31 Å². The monoisotopic (exact) mass is 471 g/mol. The van der Waals surface area contributed by atoms with Gasteiger partial charge in [0, 0.05) is 52.9 Å². The third-order valence-corrected chi connectivity index (χ3v) is 7.93. The third-order valence-electron chi connectivity index (χ3n) is 6.02. The number of amides is 1. The van der Waals surface area contributed by atoms with Gasteiger partial charge in [0.1, 0.15) is 11.6 Å². The Balaban J connectivity index is 1.44. The predicted molar refractivity (Wildman–Crippen MR) is 126 cm³/mol. The van der Waals surface area contributed by atoms with E-state index < -0.39 is 10.0 Å². The first-order chi connectivity index (χ1) is 15.7. The van der Waals surface area contributed by atoms with Gasteiger partial charge in [-0.3, -0.25) is 9.69 Å². The number of aromatic nitrogens is 2. The Hall–Kier alpha value is -2.95. The summed E-state index contributed by atoms with van der Waals surface area (Å²) in [5.74, 6) is 1.45. The molecular weight excluding hydrogens is 442 g/mol. The highest BCUT2D eigenvalue weighted by molar-refractivity contribution is 7.89. The molecule has 4 rings (SSSR count). The van der Waals surface area contributed by atoms with Crippen LogP contribution in [0.2, 0.25) is 0 Å². The summed E-state index contributed by atoms with van der Waals surface area (Å²) in [6, 6.07) is 12.0. The quantitative estimate of drug-likeness (QED) is 0.545. The Kier molecular flexibility index (Phi) is 6.42. The van der Waals surface area contributed by atoms with Crippen LogP contribution in [0.5, 0.6) is 5.75 Å². The van der Waals surface area contributed by atoms with Crippen LogP contribution in [-0.2, 0) is 23.6 Å². The van der Waals surface area contributed by atoms with Crippen LogP contribution in [0, 0.1) is 0 Å². The second kappa shape index (κ2) is 9.12. The van der Waals surface area contributed by atoms with Gasteiger partial charge in [0.25, 0.3) is 5.91 Å². The fourth-order valence-electron chi connectivity index (χ4n) is 4.01. The predicted octanol–water partition coefficient (Wildman–Crippen LogP) is 1.79. The number of imidazole rings is 1. The number of rotatable bonds is 6. The van der Waals surface area contributed by atoms with Crippen LogP contribution in [0.3, 0.4) is 0 Å². The number of piperazine rings is 1. The summed E-state index contributed by atoms with van der Waals surface area (Å²) < 4.78 is 34.6. The molecule has 3 aromatic rings. The Morgan fingerprint density at radius 1 is 1.06 bits per heavy atom. The van der Waals surface area contributed by atoms with Gasteiger partial charge in [-0.05, 0) is 42.5 Å². The summed E-state index contributed by atoms with van der Waals surface area (Å²) >= 11 is 0. The highest BCUT2D eigenvalue weighted by Gasteiger charge is 2.29. The Morgan fingerprint density at radius 2 is 1.73 bits per heavy atom. The van der Waals surface area contributed by atoms with E-state index in [0.717, 1.165) is 16.9 Å². The number of ether oxygens (including phenoxy) is 1. The Labute approximate surface area is 194 Å². The van der Waals surface area contributed by atoms with Crippen molar-refractivity contribution in [3.63, 3.8) is 0 Å². The van der Waals surface area contributed by atoms with Gasteiger partial charge in [0.15, 0.2) is 0 Å². The normalized spacial score (nSPS) is 15.6. The van der Waals surface area contributed by atoms with E-state index in [1.54, 1.807) is 50.4 Å². The number of hydrogen-bond acceptors (Lipinski definition) is 6. The maximum absolute atomic E-state index is 13.0. The van der Waals surface area contributed by atoms with Crippen LogP contribution in [0.4, 0.5) is 0 Å². The molecule has 1 fully saturated rings. The van der Waals surface area contributed by atoms with E-state index in [1.165, 1.54) is 4.31 Å². The third kappa shape index (κ3) is 4.59. The lowest BCUT2D eigenvalue weighted by Crippen LogP contribution is -2.48. The molecule has 0 aliphatic carbocycles. The maximum Gasteiger partial charge on any atom is 0.253 e. The summed E-state index contributed by atoms with van der Waals surface area (Å²) in [4.78, 5) is 21.0. The van der Waals surface area contributed by atoms with Crippen molar-refractivity contribution in [2.75, 3.05) is 47.4 Å². The second-order valence-corrected chi connectivity index (χ2v) is 10.3. The molecule has 176 valence electrons. The van der Waals surface area contributed by atoms with Crippen molar-refractivity contribution in [3.05, 3.63) is 53.9 Å². The molecule has 9 nitrogen and oxygen atoms in total. The summed E-state index contributed by atoms with van der Waals surface area (Å²) in [5.41, 5.74) is 2.34. The van der Waals surface area contributed by atoms with Crippen LogP contribution in [0.1, 0.15) is 16.2 Å². The number of hydrogen-bond donors (Lipinski definition) is 0. The molecule has 0 saturated carbocycles. The summed E-state index contributed by atoms with van der Waals surface area (Å²) in [6.45, 7) is 2.67. The van der Waals surface area contributed by atoms with E-state index in [-0.39, 0.29) is 10.8 Å². The van der Waals surface area contributed by atoms with Gasteiger partial charge >= 0.3 is 0 Å². The van der Waals surface area contributed by atoms with Crippen molar-refractivity contribution >= 4 is 27.0 Å². The lowest BCUT2D eigenvalue weighted by Gasteiger charge is -2.33. The van der Waals surface area contributed by atoms with Gasteiger partial charge in [0.2, 0.25) is 10.0 Å². The summed E-state index contributed by atoms with van der Waals surface area (Å²) in [5, 5.41) is 0. The topological polar surface area (TPSA) is 88.0 Å². The van der Waals surface area contributed by atoms with E-state index in [4.69, 9.17) is 9.72 Å². The molecule has 1 amide bonds. The maximum atomic E-state index is 13.0. The van der Waals surface area contributed by atoms with Crippen molar-refractivity contribution in [3.8, 4) is 5.75 Å². The zero-order valence-corrected chi connectivity index (χ0v) is 20.2. The standard InChI is InChI=1S/C23H29N5O4S/c1-25(2)23(29)17-5-10-21-20(15-17)24-22(26(21)3)16-27-11-13-28(14-12-27)33(30,31)19-8-6-18(32-4)7-9-19/h5-10,15H,11-14,16H2,1-4H3. The number of benzene rings is 2. The van der Waals surface area contributed by atoms with Crippen LogP contribution in [0.15, 0.2) is 47.4 Å². The van der Waals surface area contributed by atoms with E-state index in [9.17, 15) is 13.2 Å². The van der Waals surface area contributed by atoms with Crippen molar-refractivity contribution in [1.82, 2.24) is 23.7 Å². The molecule has 0 N–H and O–H groups in total. The number of nitrogens with zero attached hydrogens (tertiary/aromatic N) is 5. The van der Waals surface area contributed by atoms with Gasteiger partial charge in [-0.1, -0.05) is 0 Å². The van der Waals surface area contributed by atoms with Crippen LogP contribution >= 0.6 is 0 Å². The van der Waals surface area contributed by atoms with E-state index in [0.29, 0.717) is 44.0 Å². The number of sulfonamides is 1. The number of fused-ring (bicyclic) bond motifs is 1. The molecule has 0 unspecified atom stereocenters. The first kappa shape index (κ1) is 23.2. The summed E-state index contributed by atoms with van der Waals surface area (Å²) in [7, 11) is 3.43. The molecular formula is C23H29N5O4S. The average molecular weight is 472 g/mol. The largest absolute Gasteiger partial charge is 0.497 e. The van der Waals surface area contributed by atoms with Crippen LogP contribution < -0.4 is 4.74 Å². The van der Waals surface area contributed by atoms with Crippen LogP contribution in [-0.4, -0.2) is 85.4 Å². The van der Waals surface area contributed by atoms with Gasteiger partial charge in [-0.25, -0.2) is 13.4 Å². The first-order valence-electron chi connectivity index (χ1n) is 10.7. The fraction of sp³-hybridized carbons (Fsp3) is 0.391. The molecule has 0 atom stereocenters. The smallest absolute Gasteiger partial charge is 0.253 e. The fourth-order valence-corrected chi connectivity index (χ4v) is 5.43. The van der Waals surface area contributed by atoms with Gasteiger partial charge in [0.05, 0.1) is 29.6 Å². The van der Waals surface area contributed by atoms with Crippen LogP contribution in [0.25, 0.3) is 11.0 Å². The number of carbonyl (C=O) groups is 1. The minimum Gasteiger partial charge on any atom is -0.497 e. The molecule has 1 saturated heterocycles. The molecule has 1 aliphatic heterocycles. The summed E-state index contributed by atoms with van der Waals surface area (Å²) in [6.07, 6.45) is 0. The Bertz CT molecular complexity index is 1260. The molecule has 0 radical (unpaired) electrons. The van der Waals surface area contributed by atoms with E-state index >= 15 is 0 Å². The highest BCUT2D eigenvalue weighted by atomic mass is 32.2. The van der Waals surface area contributed by atoms with Crippen molar-refractivity contribution in [2.24, 2.45) is 7.05 Å². The van der Waals surface area contributed by atoms with Crippen molar-refractivity contribution in [1.29, 1.82) is 0 Å². The number of aryl methyl sites for hydroxylation is 1. The minimum absolute atomic E-state index is 0.0571. The molecule has 33 heavy (non-hydrogen) atoms. The van der Waals surface area contributed by atoms with Crippen molar-refractivity contribution in [2.45, 2.75) is 11.4 Å². The average Bonchev–Trinajstić information content (AvgIpc) is 3.13. The molecule has 0 spiro atoms. The van der Waals surface area contributed by atoms with E-state index in [1.807, 2.05) is 29.8 Å². The van der Waals surface area contributed by atoms with Gasteiger partial charge in [-0.15, -0.1) is 0 Å². The second-order valence-electron chi connectivity index (χ2n) is 8.35. The molecule has 1 aromatic heterocycles. The zero-order chi connectivity index (χ0) is 23.8. The van der Waals surface area contributed by atoms with Crippen molar-refractivity contribution < 1.29 is 17.9 Å². The lowest BCUT2D eigenvalue weighted by molar-refractivity contribution is 0.0827. The molecule has 2 aromatic carbocycles. The lowest BCUT2D eigenvalue weighted by atomic mass is 10.2. The SMILES string of the molecule is COc1ccc(S(=O)(=O)N2CCN(Cc3nc4cc(C(=O)N(C)C)ccc4n3C)CC2)cc1.